The van der Waals surface area contributed by atoms with Crippen molar-refractivity contribution in [3.05, 3.63) is 40.9 Å². The number of carbonyl (C=O) groups is 1. The lowest BCUT2D eigenvalue weighted by atomic mass is 10.2. The molecule has 0 radical (unpaired) electrons. The van der Waals surface area contributed by atoms with Gasteiger partial charge in [0.05, 0.1) is 12.7 Å². The van der Waals surface area contributed by atoms with Crippen molar-refractivity contribution in [3.63, 3.8) is 0 Å². The second-order valence-electron chi connectivity index (χ2n) is 2.75. The van der Waals surface area contributed by atoms with E-state index in [-0.39, 0.29) is 6.61 Å². The normalized spacial score (nSPS) is 11.3. The summed E-state index contributed by atoms with van der Waals surface area (Å²) in [7, 11) is 0. The van der Waals surface area contributed by atoms with Crippen LogP contribution in [0.5, 0.6) is 0 Å². The van der Waals surface area contributed by atoms with E-state index in [1.807, 2.05) is 0 Å². The van der Waals surface area contributed by atoms with Gasteiger partial charge in [-0.05, 0) is 19.1 Å². The molecule has 0 aliphatic heterocycles. The van der Waals surface area contributed by atoms with Crippen molar-refractivity contribution in [2.45, 2.75) is 6.92 Å². The number of ether oxygens (including phenoxy) is 1. The minimum absolute atomic E-state index is 0.225. The molecule has 0 spiro atoms. The molecule has 0 fully saturated rings. The van der Waals surface area contributed by atoms with E-state index in [0.717, 1.165) is 6.08 Å². The Kier molecular flexibility index (Phi) is 4.31. The minimum atomic E-state index is -0.690. The smallest absolute Gasteiger partial charge is 0.333 e. The molecule has 0 atom stereocenters. The standard InChI is InChI=1S/C11H10ClFO2/c1-2-15-11(14)7-10(13)8-3-5-9(12)6-4-8/h3-7H,2H2,1H3/b10-7+. The number of benzene rings is 1. The Morgan fingerprint density at radius 2 is 2.07 bits per heavy atom. The number of rotatable bonds is 3. The third-order valence-corrected chi connectivity index (χ3v) is 1.90. The molecule has 4 heteroatoms. The predicted octanol–water partition coefficient (Wildman–Crippen LogP) is 3.21. The third kappa shape index (κ3) is 3.72. The first-order chi connectivity index (χ1) is 7.13. The van der Waals surface area contributed by atoms with Crippen LogP contribution in [0.4, 0.5) is 4.39 Å². The summed E-state index contributed by atoms with van der Waals surface area (Å²) in [6, 6.07) is 6.09. The van der Waals surface area contributed by atoms with E-state index in [4.69, 9.17) is 11.6 Å². The van der Waals surface area contributed by atoms with E-state index in [1.165, 1.54) is 12.1 Å². The van der Waals surface area contributed by atoms with Crippen molar-refractivity contribution in [2.24, 2.45) is 0 Å². The Balaban J connectivity index is 2.79. The molecule has 0 N–H and O–H groups in total. The van der Waals surface area contributed by atoms with Crippen LogP contribution in [0.25, 0.3) is 5.83 Å². The molecule has 2 nitrogen and oxygen atoms in total. The van der Waals surface area contributed by atoms with Gasteiger partial charge in [-0.25, -0.2) is 9.18 Å². The van der Waals surface area contributed by atoms with Gasteiger partial charge in [0.15, 0.2) is 0 Å². The molecule has 0 saturated heterocycles. The van der Waals surface area contributed by atoms with Gasteiger partial charge in [-0.2, -0.15) is 0 Å². The van der Waals surface area contributed by atoms with Crippen LogP contribution in [0.3, 0.4) is 0 Å². The lowest BCUT2D eigenvalue weighted by Gasteiger charge is -1.98. The zero-order valence-electron chi connectivity index (χ0n) is 8.17. The SMILES string of the molecule is CCOC(=O)/C=C(/F)c1ccc(Cl)cc1. The van der Waals surface area contributed by atoms with Crippen molar-refractivity contribution in [1.29, 1.82) is 0 Å². The quantitative estimate of drug-likeness (QED) is 0.587. The molecule has 1 aromatic rings. The van der Waals surface area contributed by atoms with Crippen molar-refractivity contribution in [1.82, 2.24) is 0 Å². The van der Waals surface area contributed by atoms with Gasteiger partial charge < -0.3 is 4.74 Å². The van der Waals surface area contributed by atoms with Crippen molar-refractivity contribution < 1.29 is 13.9 Å². The fourth-order valence-electron chi connectivity index (χ4n) is 0.980. The second kappa shape index (κ2) is 5.51. The van der Waals surface area contributed by atoms with E-state index < -0.39 is 11.8 Å². The molecule has 80 valence electrons. The van der Waals surface area contributed by atoms with E-state index in [1.54, 1.807) is 19.1 Å². The summed E-state index contributed by atoms with van der Waals surface area (Å²) in [5.41, 5.74) is 0.299. The highest BCUT2D eigenvalue weighted by molar-refractivity contribution is 6.30. The molecule has 0 aliphatic rings. The summed E-state index contributed by atoms with van der Waals surface area (Å²) in [4.78, 5) is 10.9. The van der Waals surface area contributed by atoms with Gasteiger partial charge in [-0.3, -0.25) is 0 Å². The highest BCUT2D eigenvalue weighted by Crippen LogP contribution is 2.18. The van der Waals surface area contributed by atoms with Crippen molar-refractivity contribution in [3.8, 4) is 0 Å². The van der Waals surface area contributed by atoms with Crippen molar-refractivity contribution in [2.75, 3.05) is 6.61 Å². The average molecular weight is 229 g/mol. The molecule has 1 aromatic carbocycles. The third-order valence-electron chi connectivity index (χ3n) is 1.65. The summed E-state index contributed by atoms with van der Waals surface area (Å²) in [6.07, 6.45) is 0.812. The number of hydrogen-bond donors (Lipinski definition) is 0. The van der Waals surface area contributed by atoms with Gasteiger partial charge in [0.25, 0.3) is 0 Å². The fourth-order valence-corrected chi connectivity index (χ4v) is 1.11. The first-order valence-corrected chi connectivity index (χ1v) is 4.81. The van der Waals surface area contributed by atoms with Crippen LogP contribution in [-0.4, -0.2) is 12.6 Å². The van der Waals surface area contributed by atoms with Gasteiger partial charge in [0.2, 0.25) is 0 Å². The van der Waals surface area contributed by atoms with Crippen LogP contribution in [0.1, 0.15) is 12.5 Å². The molecule has 1 rings (SSSR count). The molecule has 0 aliphatic carbocycles. The van der Waals surface area contributed by atoms with E-state index in [2.05, 4.69) is 4.74 Å². The summed E-state index contributed by atoms with van der Waals surface area (Å²) < 4.78 is 17.9. The summed E-state index contributed by atoms with van der Waals surface area (Å²) >= 11 is 5.64. The predicted molar refractivity (Wildman–Crippen MR) is 57.2 cm³/mol. The van der Waals surface area contributed by atoms with E-state index in [9.17, 15) is 9.18 Å². The molecular weight excluding hydrogens is 219 g/mol. The average Bonchev–Trinajstić information content (AvgIpc) is 2.18. The van der Waals surface area contributed by atoms with Gasteiger partial charge in [-0.1, -0.05) is 23.7 Å². The Morgan fingerprint density at radius 3 is 2.60 bits per heavy atom. The maximum atomic E-state index is 13.4. The number of halogens is 2. The largest absolute Gasteiger partial charge is 0.463 e. The van der Waals surface area contributed by atoms with E-state index in [0.29, 0.717) is 10.6 Å². The summed E-state index contributed by atoms with van der Waals surface area (Å²) in [6.45, 7) is 1.88. The molecule has 0 amide bonds. The maximum absolute atomic E-state index is 13.4. The lowest BCUT2D eigenvalue weighted by Crippen LogP contribution is -1.99. The lowest BCUT2D eigenvalue weighted by molar-refractivity contribution is -0.137. The molecule has 0 bridgehead atoms. The zero-order chi connectivity index (χ0) is 11.3. The molecule has 0 aromatic heterocycles. The zero-order valence-corrected chi connectivity index (χ0v) is 8.92. The van der Waals surface area contributed by atoms with Gasteiger partial charge in [0.1, 0.15) is 5.83 Å². The van der Waals surface area contributed by atoms with Crippen LogP contribution in [-0.2, 0) is 9.53 Å². The van der Waals surface area contributed by atoms with Crippen LogP contribution in [0.2, 0.25) is 5.02 Å². The summed E-state index contributed by atoms with van der Waals surface area (Å²) in [5.74, 6) is -1.32. The Bertz CT molecular complexity index is 371. The first kappa shape index (κ1) is 11.7. The van der Waals surface area contributed by atoms with Gasteiger partial charge in [0, 0.05) is 10.6 Å². The van der Waals surface area contributed by atoms with Crippen LogP contribution < -0.4 is 0 Å². The maximum Gasteiger partial charge on any atom is 0.333 e. The molecule has 0 saturated carbocycles. The Hall–Kier alpha value is -1.35. The summed E-state index contributed by atoms with van der Waals surface area (Å²) in [5, 5.41) is 0.516. The van der Waals surface area contributed by atoms with Crippen LogP contribution in [0, 0.1) is 0 Å². The van der Waals surface area contributed by atoms with Gasteiger partial charge >= 0.3 is 5.97 Å². The number of esters is 1. The fraction of sp³-hybridized carbons (Fsp3) is 0.182. The first-order valence-electron chi connectivity index (χ1n) is 4.43. The molecular formula is C11H10ClFO2. The molecule has 0 heterocycles. The van der Waals surface area contributed by atoms with Crippen molar-refractivity contribution >= 4 is 23.4 Å². The van der Waals surface area contributed by atoms with Crippen LogP contribution >= 0.6 is 11.6 Å². The highest BCUT2D eigenvalue weighted by atomic mass is 35.5. The molecule has 15 heavy (non-hydrogen) atoms. The Labute approximate surface area is 92.3 Å². The van der Waals surface area contributed by atoms with E-state index >= 15 is 0 Å². The topological polar surface area (TPSA) is 26.3 Å². The van der Waals surface area contributed by atoms with Crippen LogP contribution in [0.15, 0.2) is 30.3 Å². The number of carbonyl (C=O) groups excluding carboxylic acids is 1. The second-order valence-corrected chi connectivity index (χ2v) is 3.19. The minimum Gasteiger partial charge on any atom is -0.463 e. The monoisotopic (exact) mass is 228 g/mol. The van der Waals surface area contributed by atoms with Gasteiger partial charge in [-0.15, -0.1) is 0 Å². The number of hydrogen-bond acceptors (Lipinski definition) is 2. The Morgan fingerprint density at radius 1 is 1.47 bits per heavy atom. The highest BCUT2D eigenvalue weighted by Gasteiger charge is 2.04. The molecule has 0 unspecified atom stereocenters.